The SMILES string of the molecule is CCCCNS(=O)(=O)c1ccc(OCC(=O)N[C@@H]2CCCc3ccccc32)cc1. The van der Waals surface area contributed by atoms with Crippen molar-refractivity contribution in [3.8, 4) is 5.75 Å². The van der Waals surface area contributed by atoms with Crippen LogP contribution in [-0.2, 0) is 21.2 Å². The number of unbranched alkanes of at least 4 members (excludes halogenated alkanes) is 1. The first-order chi connectivity index (χ1) is 14.0. The van der Waals surface area contributed by atoms with Crippen molar-refractivity contribution in [2.24, 2.45) is 0 Å². The molecule has 1 atom stereocenters. The summed E-state index contributed by atoms with van der Waals surface area (Å²) in [5, 5.41) is 3.04. The molecule has 3 rings (SSSR count). The van der Waals surface area contributed by atoms with Crippen LogP contribution in [0, 0.1) is 0 Å². The molecule has 0 radical (unpaired) electrons. The van der Waals surface area contributed by atoms with Crippen molar-refractivity contribution < 1.29 is 17.9 Å². The van der Waals surface area contributed by atoms with Crippen molar-refractivity contribution in [2.45, 2.75) is 50.0 Å². The Balaban J connectivity index is 1.52. The van der Waals surface area contributed by atoms with E-state index < -0.39 is 10.0 Å². The molecule has 0 unspecified atom stereocenters. The molecule has 0 spiro atoms. The lowest BCUT2D eigenvalue weighted by atomic mass is 9.88. The fraction of sp³-hybridized carbons (Fsp3) is 0.409. The summed E-state index contributed by atoms with van der Waals surface area (Å²) in [5.41, 5.74) is 2.46. The van der Waals surface area contributed by atoms with Gasteiger partial charge in [-0.15, -0.1) is 0 Å². The zero-order chi connectivity index (χ0) is 20.7. The van der Waals surface area contributed by atoms with Gasteiger partial charge in [-0.05, 0) is 61.1 Å². The lowest BCUT2D eigenvalue weighted by molar-refractivity contribution is -0.123. The topological polar surface area (TPSA) is 84.5 Å². The number of benzene rings is 2. The van der Waals surface area contributed by atoms with Gasteiger partial charge in [0.05, 0.1) is 10.9 Å². The van der Waals surface area contributed by atoms with Crippen molar-refractivity contribution in [2.75, 3.05) is 13.2 Å². The lowest BCUT2D eigenvalue weighted by Gasteiger charge is -2.26. The smallest absolute Gasteiger partial charge is 0.258 e. The molecular weight excluding hydrogens is 388 g/mol. The number of carbonyl (C=O) groups is 1. The number of amides is 1. The van der Waals surface area contributed by atoms with E-state index in [1.165, 1.54) is 23.3 Å². The molecule has 7 heteroatoms. The molecule has 156 valence electrons. The van der Waals surface area contributed by atoms with E-state index >= 15 is 0 Å². The van der Waals surface area contributed by atoms with Gasteiger partial charge in [0, 0.05) is 6.54 Å². The summed E-state index contributed by atoms with van der Waals surface area (Å²) < 4.78 is 32.5. The number of fused-ring (bicyclic) bond motifs is 1. The zero-order valence-electron chi connectivity index (χ0n) is 16.7. The summed E-state index contributed by atoms with van der Waals surface area (Å²) in [7, 11) is -3.51. The number of aryl methyl sites for hydroxylation is 1. The molecule has 0 saturated heterocycles. The van der Waals surface area contributed by atoms with Crippen molar-refractivity contribution >= 4 is 15.9 Å². The Hall–Kier alpha value is -2.38. The Morgan fingerprint density at radius 1 is 1.14 bits per heavy atom. The van der Waals surface area contributed by atoms with Crippen LogP contribution in [0.1, 0.15) is 49.8 Å². The third kappa shape index (κ3) is 5.81. The van der Waals surface area contributed by atoms with E-state index in [1.807, 2.05) is 19.1 Å². The number of nitrogens with one attached hydrogen (secondary N) is 2. The third-order valence-corrected chi connectivity index (χ3v) is 6.51. The second-order valence-electron chi connectivity index (χ2n) is 7.22. The van der Waals surface area contributed by atoms with Gasteiger partial charge in [-0.1, -0.05) is 37.6 Å². The molecule has 1 aliphatic carbocycles. The zero-order valence-corrected chi connectivity index (χ0v) is 17.5. The van der Waals surface area contributed by atoms with E-state index in [9.17, 15) is 13.2 Å². The molecule has 0 fully saturated rings. The van der Waals surface area contributed by atoms with E-state index in [0.29, 0.717) is 12.3 Å². The number of ether oxygens (including phenoxy) is 1. The molecule has 6 nitrogen and oxygen atoms in total. The van der Waals surface area contributed by atoms with E-state index in [0.717, 1.165) is 32.1 Å². The number of hydrogen-bond donors (Lipinski definition) is 2. The van der Waals surface area contributed by atoms with Gasteiger partial charge in [0.2, 0.25) is 10.0 Å². The highest BCUT2D eigenvalue weighted by molar-refractivity contribution is 7.89. The van der Waals surface area contributed by atoms with Crippen LogP contribution in [0.15, 0.2) is 53.4 Å². The maximum atomic E-state index is 12.3. The maximum Gasteiger partial charge on any atom is 0.258 e. The van der Waals surface area contributed by atoms with Gasteiger partial charge < -0.3 is 10.1 Å². The van der Waals surface area contributed by atoms with Crippen LogP contribution in [0.3, 0.4) is 0 Å². The Morgan fingerprint density at radius 2 is 1.90 bits per heavy atom. The Morgan fingerprint density at radius 3 is 2.66 bits per heavy atom. The van der Waals surface area contributed by atoms with Gasteiger partial charge in [-0.2, -0.15) is 0 Å². The predicted molar refractivity (Wildman–Crippen MR) is 112 cm³/mol. The molecule has 0 bridgehead atoms. The minimum absolute atomic E-state index is 0.0118. The molecule has 1 aliphatic rings. The molecule has 29 heavy (non-hydrogen) atoms. The van der Waals surface area contributed by atoms with Gasteiger partial charge in [-0.3, -0.25) is 4.79 Å². The minimum atomic E-state index is -3.51. The van der Waals surface area contributed by atoms with Gasteiger partial charge in [-0.25, -0.2) is 13.1 Å². The molecule has 2 N–H and O–H groups in total. The number of rotatable bonds is 9. The van der Waals surface area contributed by atoms with Crippen LogP contribution in [0.2, 0.25) is 0 Å². The lowest BCUT2D eigenvalue weighted by Crippen LogP contribution is -2.34. The van der Waals surface area contributed by atoms with Crippen LogP contribution in [0.5, 0.6) is 5.75 Å². The first kappa shape index (κ1) is 21.3. The van der Waals surface area contributed by atoms with E-state index in [2.05, 4.69) is 22.2 Å². The summed E-state index contributed by atoms with van der Waals surface area (Å²) in [6.45, 7) is 2.31. The fourth-order valence-electron chi connectivity index (χ4n) is 3.47. The van der Waals surface area contributed by atoms with Crippen molar-refractivity contribution in [1.82, 2.24) is 10.0 Å². The Labute approximate surface area is 172 Å². The summed E-state index contributed by atoms with van der Waals surface area (Å²) in [6, 6.07) is 14.3. The van der Waals surface area contributed by atoms with E-state index in [-0.39, 0.29) is 23.5 Å². The van der Waals surface area contributed by atoms with Crippen LogP contribution >= 0.6 is 0 Å². The van der Waals surface area contributed by atoms with Crippen LogP contribution < -0.4 is 14.8 Å². The normalized spacial score (nSPS) is 16.1. The molecule has 2 aromatic carbocycles. The summed E-state index contributed by atoms with van der Waals surface area (Å²) in [5.74, 6) is 0.265. The van der Waals surface area contributed by atoms with Crippen molar-refractivity contribution in [3.05, 3.63) is 59.7 Å². The second kappa shape index (κ2) is 9.89. The average Bonchev–Trinajstić information content (AvgIpc) is 2.73. The number of carbonyl (C=O) groups excluding carboxylic acids is 1. The third-order valence-electron chi connectivity index (χ3n) is 5.03. The van der Waals surface area contributed by atoms with Gasteiger partial charge in [0.1, 0.15) is 5.75 Å². The van der Waals surface area contributed by atoms with Crippen molar-refractivity contribution in [3.63, 3.8) is 0 Å². The molecular formula is C22H28N2O4S. The van der Waals surface area contributed by atoms with Crippen LogP contribution in [0.25, 0.3) is 0 Å². The largest absolute Gasteiger partial charge is 0.484 e. The van der Waals surface area contributed by atoms with Crippen molar-refractivity contribution in [1.29, 1.82) is 0 Å². The Kier molecular flexibility index (Phi) is 7.28. The standard InChI is InChI=1S/C22H28N2O4S/c1-2-3-15-23-29(26,27)19-13-11-18(12-14-19)28-16-22(25)24-21-10-6-8-17-7-4-5-9-20(17)21/h4-5,7,9,11-14,21,23H,2-3,6,8,10,15-16H2,1H3,(H,24,25)/t21-/m1/s1. The highest BCUT2D eigenvalue weighted by Crippen LogP contribution is 2.29. The summed E-state index contributed by atoms with van der Waals surface area (Å²) in [6.07, 6.45) is 4.72. The summed E-state index contributed by atoms with van der Waals surface area (Å²) >= 11 is 0. The first-order valence-electron chi connectivity index (χ1n) is 10.1. The fourth-order valence-corrected chi connectivity index (χ4v) is 4.54. The molecule has 2 aromatic rings. The number of hydrogen-bond acceptors (Lipinski definition) is 4. The first-order valence-corrected chi connectivity index (χ1v) is 11.6. The molecule has 0 aliphatic heterocycles. The molecule has 0 aromatic heterocycles. The van der Waals surface area contributed by atoms with Gasteiger partial charge in [0.15, 0.2) is 6.61 Å². The average molecular weight is 417 g/mol. The Bertz CT molecular complexity index is 926. The minimum Gasteiger partial charge on any atom is -0.484 e. The van der Waals surface area contributed by atoms with Gasteiger partial charge >= 0.3 is 0 Å². The highest BCUT2D eigenvalue weighted by atomic mass is 32.2. The van der Waals surface area contributed by atoms with E-state index in [4.69, 9.17) is 4.74 Å². The molecule has 0 heterocycles. The van der Waals surface area contributed by atoms with Crippen LogP contribution in [-0.4, -0.2) is 27.5 Å². The van der Waals surface area contributed by atoms with Crippen LogP contribution in [0.4, 0.5) is 0 Å². The summed E-state index contributed by atoms with van der Waals surface area (Å²) in [4.78, 5) is 12.5. The predicted octanol–water partition coefficient (Wildman–Crippen LogP) is 3.34. The van der Waals surface area contributed by atoms with Gasteiger partial charge in [0.25, 0.3) is 5.91 Å². The number of sulfonamides is 1. The molecule has 1 amide bonds. The quantitative estimate of drug-likeness (QED) is 0.614. The second-order valence-corrected chi connectivity index (χ2v) is 8.99. The molecule has 0 saturated carbocycles. The maximum absolute atomic E-state index is 12.3. The van der Waals surface area contributed by atoms with E-state index in [1.54, 1.807) is 12.1 Å². The highest BCUT2D eigenvalue weighted by Gasteiger charge is 2.21. The monoisotopic (exact) mass is 416 g/mol.